The molecule has 4 rings (SSSR count). The van der Waals surface area contributed by atoms with Crippen molar-refractivity contribution >= 4 is 23.4 Å². The summed E-state index contributed by atoms with van der Waals surface area (Å²) in [7, 11) is 0. The number of carbonyl (C=O) groups excluding carboxylic acids is 1. The van der Waals surface area contributed by atoms with Crippen LogP contribution < -0.4 is 10.2 Å². The quantitative estimate of drug-likeness (QED) is 0.851. The Kier molecular flexibility index (Phi) is 4.95. The molecule has 3 fully saturated rings. The first kappa shape index (κ1) is 18.1. The number of anilines is 2. The van der Waals surface area contributed by atoms with Crippen LogP contribution >= 0.6 is 0 Å². The van der Waals surface area contributed by atoms with Gasteiger partial charge >= 0.3 is 6.09 Å². The monoisotopic (exact) mass is 373 g/mol. The second kappa shape index (κ2) is 7.38. The average Bonchev–Trinajstić information content (AvgIpc) is 2.98. The van der Waals surface area contributed by atoms with Gasteiger partial charge in [-0.1, -0.05) is 0 Å². The first-order valence-corrected chi connectivity index (χ1v) is 9.81. The first-order chi connectivity index (χ1) is 13.1. The highest BCUT2D eigenvalue weighted by Crippen LogP contribution is 2.42. The molecule has 0 aliphatic carbocycles. The molecule has 7 heteroatoms. The van der Waals surface area contributed by atoms with Gasteiger partial charge in [-0.05, 0) is 56.4 Å². The van der Waals surface area contributed by atoms with Crippen LogP contribution in [0.3, 0.4) is 0 Å². The highest BCUT2D eigenvalue weighted by Gasteiger charge is 2.50. The lowest BCUT2D eigenvalue weighted by molar-refractivity contribution is -0.139. The Labute approximate surface area is 159 Å². The molecule has 146 valence electrons. The standard InChI is InChI=1S/C20H27N3O4/c24-18-20(9-11-23(18)17-6-12-27-13-7-17)8-1-10-22(14-20)16-4-2-15(3-5-16)21-19(25)26/h2-5,17,21H,1,6-14H2,(H,25,26)/t20-/m1/s1. The van der Waals surface area contributed by atoms with Crippen molar-refractivity contribution in [1.82, 2.24) is 4.90 Å². The smallest absolute Gasteiger partial charge is 0.409 e. The normalized spacial score (nSPS) is 26.6. The molecule has 3 heterocycles. The number of hydrogen-bond donors (Lipinski definition) is 2. The molecule has 0 bridgehead atoms. The molecule has 0 aromatic heterocycles. The van der Waals surface area contributed by atoms with Crippen LogP contribution in [-0.4, -0.2) is 60.9 Å². The third kappa shape index (κ3) is 3.60. The van der Waals surface area contributed by atoms with E-state index >= 15 is 0 Å². The van der Waals surface area contributed by atoms with Crippen molar-refractivity contribution in [2.45, 2.75) is 38.1 Å². The maximum atomic E-state index is 13.3. The van der Waals surface area contributed by atoms with Gasteiger partial charge in [0.25, 0.3) is 0 Å². The Morgan fingerprint density at radius 3 is 2.59 bits per heavy atom. The maximum absolute atomic E-state index is 13.3. The molecule has 2 N–H and O–H groups in total. The Morgan fingerprint density at radius 2 is 1.89 bits per heavy atom. The van der Waals surface area contributed by atoms with Crippen LogP contribution in [-0.2, 0) is 9.53 Å². The second-order valence-corrected chi connectivity index (χ2v) is 7.87. The molecule has 27 heavy (non-hydrogen) atoms. The number of hydrogen-bond acceptors (Lipinski definition) is 4. The van der Waals surface area contributed by atoms with Gasteiger partial charge in [-0.15, -0.1) is 0 Å². The zero-order valence-corrected chi connectivity index (χ0v) is 15.5. The lowest BCUT2D eigenvalue weighted by Gasteiger charge is -2.41. The summed E-state index contributed by atoms with van der Waals surface area (Å²) in [6.07, 6.45) is 3.72. The van der Waals surface area contributed by atoms with Gasteiger partial charge in [0.05, 0.1) is 5.41 Å². The van der Waals surface area contributed by atoms with E-state index < -0.39 is 6.09 Å². The summed E-state index contributed by atoms with van der Waals surface area (Å²) in [4.78, 5) is 28.5. The van der Waals surface area contributed by atoms with Crippen molar-refractivity contribution in [3.8, 4) is 0 Å². The Balaban J connectivity index is 1.46. The van der Waals surface area contributed by atoms with Crippen LogP contribution in [0, 0.1) is 5.41 Å². The zero-order chi connectivity index (χ0) is 18.9. The summed E-state index contributed by atoms with van der Waals surface area (Å²) in [5.41, 5.74) is 1.33. The molecule has 3 aliphatic heterocycles. The highest BCUT2D eigenvalue weighted by molar-refractivity contribution is 5.86. The molecule has 3 aliphatic rings. The fourth-order valence-electron chi connectivity index (χ4n) is 4.80. The number of nitrogens with one attached hydrogen (secondary N) is 1. The van der Waals surface area contributed by atoms with Crippen LogP contribution in [0.1, 0.15) is 32.1 Å². The van der Waals surface area contributed by atoms with Crippen molar-refractivity contribution < 1.29 is 19.4 Å². The molecule has 3 saturated heterocycles. The van der Waals surface area contributed by atoms with Gasteiger partial charge in [0, 0.05) is 50.3 Å². The van der Waals surface area contributed by atoms with Crippen LogP contribution in [0.15, 0.2) is 24.3 Å². The van der Waals surface area contributed by atoms with Crippen molar-refractivity contribution in [3.05, 3.63) is 24.3 Å². The third-order valence-corrected chi connectivity index (χ3v) is 6.24. The van der Waals surface area contributed by atoms with Gasteiger partial charge in [0.15, 0.2) is 0 Å². The van der Waals surface area contributed by atoms with Gasteiger partial charge in [0.2, 0.25) is 5.91 Å². The SMILES string of the molecule is O=C(O)Nc1ccc(N2CCC[C@@]3(CCN(C4CCOCC4)C3=O)C2)cc1. The van der Waals surface area contributed by atoms with E-state index in [0.29, 0.717) is 17.6 Å². The lowest BCUT2D eigenvalue weighted by Crippen LogP contribution is -2.50. The molecular weight excluding hydrogens is 346 g/mol. The van der Waals surface area contributed by atoms with E-state index in [-0.39, 0.29) is 5.41 Å². The van der Waals surface area contributed by atoms with Gasteiger partial charge in [0.1, 0.15) is 0 Å². The van der Waals surface area contributed by atoms with Crippen molar-refractivity contribution in [3.63, 3.8) is 0 Å². The molecule has 0 radical (unpaired) electrons. The summed E-state index contributed by atoms with van der Waals surface area (Å²) in [6.45, 7) is 4.04. The van der Waals surface area contributed by atoms with E-state index in [1.54, 1.807) is 12.1 Å². The topological polar surface area (TPSA) is 82.1 Å². The summed E-state index contributed by atoms with van der Waals surface area (Å²) in [5.74, 6) is 0.322. The van der Waals surface area contributed by atoms with E-state index in [4.69, 9.17) is 9.84 Å². The summed E-state index contributed by atoms with van der Waals surface area (Å²) >= 11 is 0. The molecule has 0 saturated carbocycles. The van der Waals surface area contributed by atoms with Crippen molar-refractivity contribution in [2.75, 3.05) is 43.1 Å². The summed E-state index contributed by atoms with van der Waals surface area (Å²) in [6, 6.07) is 7.74. The van der Waals surface area contributed by atoms with Crippen LogP contribution in [0.2, 0.25) is 0 Å². The zero-order valence-electron chi connectivity index (χ0n) is 15.5. The number of piperidine rings is 1. The van der Waals surface area contributed by atoms with Gasteiger partial charge in [-0.3, -0.25) is 10.1 Å². The largest absolute Gasteiger partial charge is 0.465 e. The summed E-state index contributed by atoms with van der Waals surface area (Å²) < 4.78 is 5.45. The first-order valence-electron chi connectivity index (χ1n) is 9.81. The van der Waals surface area contributed by atoms with Crippen molar-refractivity contribution in [2.24, 2.45) is 5.41 Å². The van der Waals surface area contributed by atoms with E-state index in [0.717, 1.165) is 70.6 Å². The number of amides is 2. The number of ether oxygens (including phenoxy) is 1. The van der Waals surface area contributed by atoms with Gasteiger partial charge < -0.3 is 19.6 Å². The minimum Gasteiger partial charge on any atom is -0.465 e. The fourth-order valence-corrected chi connectivity index (χ4v) is 4.80. The predicted molar refractivity (Wildman–Crippen MR) is 102 cm³/mol. The van der Waals surface area contributed by atoms with Gasteiger partial charge in [-0.25, -0.2) is 4.79 Å². The summed E-state index contributed by atoms with van der Waals surface area (Å²) in [5, 5.41) is 11.2. The second-order valence-electron chi connectivity index (χ2n) is 7.87. The predicted octanol–water partition coefficient (Wildman–Crippen LogP) is 2.77. The Bertz CT molecular complexity index is 702. The van der Waals surface area contributed by atoms with Crippen LogP contribution in [0.4, 0.5) is 16.2 Å². The Morgan fingerprint density at radius 1 is 1.15 bits per heavy atom. The number of likely N-dealkylation sites (tertiary alicyclic amines) is 1. The molecule has 1 spiro atoms. The average molecular weight is 373 g/mol. The van der Waals surface area contributed by atoms with Crippen LogP contribution in [0.25, 0.3) is 0 Å². The fraction of sp³-hybridized carbons (Fsp3) is 0.600. The number of nitrogens with zero attached hydrogens (tertiary/aromatic N) is 2. The Hall–Kier alpha value is -2.28. The molecule has 1 aromatic rings. The van der Waals surface area contributed by atoms with Gasteiger partial charge in [-0.2, -0.15) is 0 Å². The molecule has 0 unspecified atom stereocenters. The molecule has 1 atom stereocenters. The molecule has 1 aromatic carbocycles. The van der Waals surface area contributed by atoms with E-state index in [1.165, 1.54) is 0 Å². The number of carboxylic acid groups (broad SMARTS) is 1. The minimum atomic E-state index is -1.07. The highest BCUT2D eigenvalue weighted by atomic mass is 16.5. The maximum Gasteiger partial charge on any atom is 0.409 e. The van der Waals surface area contributed by atoms with Crippen LogP contribution in [0.5, 0.6) is 0 Å². The van der Waals surface area contributed by atoms with E-state index in [2.05, 4.69) is 15.1 Å². The third-order valence-electron chi connectivity index (χ3n) is 6.24. The lowest BCUT2D eigenvalue weighted by atomic mass is 9.78. The molecular formula is C20H27N3O4. The molecule has 2 amide bonds. The van der Waals surface area contributed by atoms with E-state index in [9.17, 15) is 9.59 Å². The number of carbonyl (C=O) groups is 2. The number of benzene rings is 1. The molecule has 7 nitrogen and oxygen atoms in total. The minimum absolute atomic E-state index is 0.269. The number of rotatable bonds is 3. The van der Waals surface area contributed by atoms with E-state index in [1.807, 2.05) is 12.1 Å². The van der Waals surface area contributed by atoms with Crippen molar-refractivity contribution in [1.29, 1.82) is 0 Å².